The first-order valence-corrected chi connectivity index (χ1v) is 10.6. The van der Waals surface area contributed by atoms with E-state index in [2.05, 4.69) is 6.58 Å². The van der Waals surface area contributed by atoms with Crippen molar-refractivity contribution in [3.05, 3.63) is 114 Å². The van der Waals surface area contributed by atoms with Crippen molar-refractivity contribution in [1.29, 1.82) is 0 Å². The normalized spacial score (nSPS) is 10.7. The topological polar surface area (TPSA) is 55.8 Å². The van der Waals surface area contributed by atoms with Gasteiger partial charge in [-0.2, -0.15) is 4.39 Å². The van der Waals surface area contributed by atoms with E-state index in [0.717, 1.165) is 12.1 Å². The van der Waals surface area contributed by atoms with Gasteiger partial charge in [-0.15, -0.1) is 0 Å². The second-order valence-electron chi connectivity index (χ2n) is 7.59. The van der Waals surface area contributed by atoms with Crippen LogP contribution in [-0.2, 0) is 0 Å². The number of phenols is 1. The molecule has 0 aliphatic rings. The van der Waals surface area contributed by atoms with E-state index in [1.165, 1.54) is 66.7 Å². The van der Waals surface area contributed by atoms with E-state index in [4.69, 9.17) is 9.47 Å². The predicted octanol–water partition coefficient (Wildman–Crippen LogP) is 7.07. The maximum atomic E-state index is 14.8. The van der Waals surface area contributed by atoms with Gasteiger partial charge in [0.25, 0.3) is 0 Å². The Balaban J connectivity index is 1.53. The summed E-state index contributed by atoms with van der Waals surface area (Å²) in [5.41, 5.74) is 0.0416. The van der Waals surface area contributed by atoms with Gasteiger partial charge >= 0.3 is 5.97 Å². The molecule has 4 aromatic rings. The number of phenolic OH excluding ortho intramolecular Hbond substituents is 1. The van der Waals surface area contributed by atoms with Crippen LogP contribution in [0.5, 0.6) is 17.2 Å². The van der Waals surface area contributed by atoms with Gasteiger partial charge in [-0.3, -0.25) is 0 Å². The number of ether oxygens (including phenoxy) is 2. The summed E-state index contributed by atoms with van der Waals surface area (Å²) in [4.78, 5) is 12.3. The van der Waals surface area contributed by atoms with Crippen molar-refractivity contribution in [3.63, 3.8) is 0 Å². The summed E-state index contributed by atoms with van der Waals surface area (Å²) in [6, 6.07) is 16.0. The van der Waals surface area contributed by atoms with Crippen LogP contribution in [-0.4, -0.2) is 17.7 Å². The molecule has 0 aromatic heterocycles. The lowest BCUT2D eigenvalue weighted by molar-refractivity contribution is 0.0728. The van der Waals surface area contributed by atoms with Gasteiger partial charge in [0.15, 0.2) is 23.2 Å². The Morgan fingerprint density at radius 2 is 1.31 bits per heavy atom. The van der Waals surface area contributed by atoms with Gasteiger partial charge in [-0.25, -0.2) is 18.0 Å². The van der Waals surface area contributed by atoms with E-state index < -0.39 is 34.8 Å². The molecular formula is C28H18F4O4. The van der Waals surface area contributed by atoms with Crippen LogP contribution in [0.25, 0.3) is 22.3 Å². The van der Waals surface area contributed by atoms with Gasteiger partial charge in [-0.1, -0.05) is 49.1 Å². The zero-order valence-corrected chi connectivity index (χ0v) is 18.6. The van der Waals surface area contributed by atoms with Crippen LogP contribution in [0.4, 0.5) is 17.6 Å². The van der Waals surface area contributed by atoms with Crippen molar-refractivity contribution in [2.45, 2.75) is 0 Å². The van der Waals surface area contributed by atoms with E-state index >= 15 is 0 Å². The number of hydrogen-bond acceptors (Lipinski definition) is 4. The fourth-order valence-electron chi connectivity index (χ4n) is 3.45. The molecule has 0 unspecified atom stereocenters. The number of benzene rings is 4. The maximum absolute atomic E-state index is 14.8. The smallest absolute Gasteiger partial charge is 0.346 e. The van der Waals surface area contributed by atoms with Gasteiger partial charge < -0.3 is 14.6 Å². The lowest BCUT2D eigenvalue weighted by atomic mass is 9.98. The van der Waals surface area contributed by atoms with E-state index in [0.29, 0.717) is 11.1 Å². The van der Waals surface area contributed by atoms with Crippen LogP contribution in [0.3, 0.4) is 0 Å². The fraction of sp³-hybridized carbons (Fsp3) is 0.0357. The lowest BCUT2D eigenvalue weighted by Gasteiger charge is -2.11. The minimum Gasteiger partial charge on any atom is -0.508 e. The van der Waals surface area contributed by atoms with E-state index in [9.17, 15) is 27.5 Å². The molecule has 4 rings (SSSR count). The highest BCUT2D eigenvalue weighted by atomic mass is 19.2. The summed E-state index contributed by atoms with van der Waals surface area (Å²) in [6.45, 7) is 3.37. The molecule has 0 bridgehead atoms. The van der Waals surface area contributed by atoms with Crippen molar-refractivity contribution in [2.75, 3.05) is 6.61 Å². The molecule has 0 atom stereocenters. The Hall–Kier alpha value is -4.59. The van der Waals surface area contributed by atoms with Crippen molar-refractivity contribution in [1.82, 2.24) is 0 Å². The van der Waals surface area contributed by atoms with Crippen LogP contribution in [0.2, 0.25) is 0 Å². The number of rotatable bonds is 7. The molecule has 0 saturated carbocycles. The molecule has 4 nitrogen and oxygen atoms in total. The van der Waals surface area contributed by atoms with E-state index in [-0.39, 0.29) is 35.0 Å². The Labute approximate surface area is 203 Å². The highest BCUT2D eigenvalue weighted by Crippen LogP contribution is 2.33. The fourth-order valence-corrected chi connectivity index (χ4v) is 3.45. The number of carbonyl (C=O) groups is 1. The summed E-state index contributed by atoms with van der Waals surface area (Å²) in [5.74, 6) is -6.45. The minimum atomic E-state index is -1.43. The second-order valence-corrected chi connectivity index (χ2v) is 7.59. The zero-order chi connectivity index (χ0) is 25.8. The highest BCUT2D eigenvalue weighted by molar-refractivity contribution is 5.91. The molecule has 0 saturated heterocycles. The third-order valence-electron chi connectivity index (χ3n) is 5.26. The summed E-state index contributed by atoms with van der Waals surface area (Å²) in [6.07, 6.45) is 1.35. The van der Waals surface area contributed by atoms with Crippen molar-refractivity contribution < 1.29 is 36.9 Å². The number of esters is 1. The van der Waals surface area contributed by atoms with E-state index in [1.54, 1.807) is 0 Å². The molecule has 0 aliphatic carbocycles. The van der Waals surface area contributed by atoms with Crippen molar-refractivity contribution in [2.24, 2.45) is 0 Å². The number of hydrogen-bond donors (Lipinski definition) is 1. The van der Waals surface area contributed by atoms with Crippen molar-refractivity contribution in [3.8, 4) is 39.5 Å². The molecule has 0 aliphatic heterocycles. The minimum absolute atomic E-state index is 0.000498. The Bertz CT molecular complexity index is 1430. The van der Waals surface area contributed by atoms with Crippen molar-refractivity contribution >= 4 is 5.97 Å². The van der Waals surface area contributed by atoms with E-state index in [1.807, 2.05) is 0 Å². The third kappa shape index (κ3) is 4.93. The summed E-state index contributed by atoms with van der Waals surface area (Å²) in [7, 11) is 0. The van der Waals surface area contributed by atoms with Gasteiger partial charge in [0.2, 0.25) is 5.82 Å². The van der Waals surface area contributed by atoms with Crippen LogP contribution < -0.4 is 9.47 Å². The molecule has 4 aromatic carbocycles. The Morgan fingerprint density at radius 3 is 1.86 bits per heavy atom. The van der Waals surface area contributed by atoms with Crippen LogP contribution in [0.1, 0.15) is 10.4 Å². The first-order valence-electron chi connectivity index (χ1n) is 10.6. The molecule has 0 spiro atoms. The molecule has 0 heterocycles. The van der Waals surface area contributed by atoms with Gasteiger partial charge in [0.1, 0.15) is 18.1 Å². The molecule has 0 fully saturated rings. The molecular weight excluding hydrogens is 476 g/mol. The number of carbonyl (C=O) groups excluding carboxylic acids is 1. The lowest BCUT2D eigenvalue weighted by Crippen LogP contribution is -2.12. The Morgan fingerprint density at radius 1 is 0.750 bits per heavy atom. The van der Waals surface area contributed by atoms with Crippen LogP contribution in [0, 0.1) is 23.3 Å². The first kappa shape index (κ1) is 24.5. The SMILES string of the molecule is C=CCOc1ccc(C(=O)Oc2ccc(-c3ccc(-c4ccc(O)cc4)c(F)c3F)cc2)c(F)c1F. The molecule has 0 amide bonds. The molecule has 0 radical (unpaired) electrons. The largest absolute Gasteiger partial charge is 0.508 e. The molecule has 1 N–H and O–H groups in total. The van der Waals surface area contributed by atoms with Gasteiger partial charge in [-0.05, 0) is 47.5 Å². The number of aromatic hydroxyl groups is 1. The Kier molecular flexibility index (Phi) is 7.05. The predicted molar refractivity (Wildman–Crippen MR) is 126 cm³/mol. The standard InChI is InChI=1S/C28H18F4O4/c1-2-15-35-23-14-13-22(26(31)27(23)32)28(34)36-19-9-5-17(6-10-19)21-12-11-20(24(29)25(21)30)16-3-7-18(33)8-4-16/h2-14,33H,1,15H2. The van der Waals surface area contributed by atoms with Gasteiger partial charge in [0.05, 0.1) is 5.56 Å². The van der Waals surface area contributed by atoms with Gasteiger partial charge in [0, 0.05) is 11.1 Å². The monoisotopic (exact) mass is 494 g/mol. The summed E-state index contributed by atoms with van der Waals surface area (Å²) >= 11 is 0. The maximum Gasteiger partial charge on any atom is 0.346 e. The zero-order valence-electron chi connectivity index (χ0n) is 18.6. The molecule has 182 valence electrons. The number of halogens is 4. The molecule has 36 heavy (non-hydrogen) atoms. The average Bonchev–Trinajstić information content (AvgIpc) is 2.88. The summed E-state index contributed by atoms with van der Waals surface area (Å²) < 4.78 is 68.1. The average molecular weight is 494 g/mol. The molecule has 8 heteroatoms. The second kappa shape index (κ2) is 10.4. The summed E-state index contributed by atoms with van der Waals surface area (Å²) in [5, 5.41) is 9.38. The van der Waals surface area contributed by atoms with Crippen LogP contribution in [0.15, 0.2) is 85.5 Å². The first-order chi connectivity index (χ1) is 17.3. The van der Waals surface area contributed by atoms with Crippen LogP contribution >= 0.6 is 0 Å². The quantitative estimate of drug-likeness (QED) is 0.129. The third-order valence-corrected chi connectivity index (χ3v) is 5.26. The highest BCUT2D eigenvalue weighted by Gasteiger charge is 2.21.